The van der Waals surface area contributed by atoms with Gasteiger partial charge in [-0.1, -0.05) is 13.0 Å². The van der Waals surface area contributed by atoms with E-state index in [1.54, 1.807) is 38.5 Å². The lowest BCUT2D eigenvalue weighted by atomic mass is 9.46. The molecule has 0 unspecified atom stereocenters. The minimum Gasteiger partial charge on any atom is -0.472 e. The van der Waals surface area contributed by atoms with Gasteiger partial charge in [0.25, 0.3) is 0 Å². The summed E-state index contributed by atoms with van der Waals surface area (Å²) >= 11 is 0. The summed E-state index contributed by atoms with van der Waals surface area (Å²) in [6, 6.07) is 1.82. The van der Waals surface area contributed by atoms with Crippen molar-refractivity contribution in [1.29, 1.82) is 0 Å². The number of cyclic esters (lactones) is 2. The van der Waals surface area contributed by atoms with Crippen LogP contribution in [0, 0.1) is 22.7 Å². The van der Waals surface area contributed by atoms with E-state index in [4.69, 9.17) is 18.6 Å². The van der Waals surface area contributed by atoms with Gasteiger partial charge in [0.05, 0.1) is 17.9 Å². The summed E-state index contributed by atoms with van der Waals surface area (Å²) in [6.07, 6.45) is 8.16. The van der Waals surface area contributed by atoms with Gasteiger partial charge in [-0.25, -0.2) is 9.59 Å². The van der Waals surface area contributed by atoms with Crippen LogP contribution in [-0.2, 0) is 28.6 Å². The van der Waals surface area contributed by atoms with Crippen LogP contribution in [-0.4, -0.2) is 30.6 Å². The smallest absolute Gasteiger partial charge is 0.334 e. The highest BCUT2D eigenvalue weighted by atomic mass is 16.6. The van der Waals surface area contributed by atoms with Gasteiger partial charge in [-0.05, 0) is 57.1 Å². The van der Waals surface area contributed by atoms with Crippen LogP contribution in [0.15, 0.2) is 46.3 Å². The van der Waals surface area contributed by atoms with E-state index in [-0.39, 0.29) is 30.4 Å². The number of allylic oxidation sites excluding steroid dienone is 1. The zero-order valence-corrected chi connectivity index (χ0v) is 18.6. The highest BCUT2D eigenvalue weighted by Gasteiger charge is 2.69. The van der Waals surface area contributed by atoms with E-state index < -0.39 is 29.0 Å². The van der Waals surface area contributed by atoms with Gasteiger partial charge >= 0.3 is 17.9 Å². The number of furan rings is 1. The molecule has 1 saturated carbocycles. The van der Waals surface area contributed by atoms with Crippen LogP contribution in [0.5, 0.6) is 0 Å². The quantitative estimate of drug-likeness (QED) is 0.398. The van der Waals surface area contributed by atoms with E-state index in [0.717, 1.165) is 18.4 Å². The number of rotatable bonds is 3. The van der Waals surface area contributed by atoms with Gasteiger partial charge in [0.2, 0.25) is 0 Å². The average Bonchev–Trinajstić information content (AvgIpc) is 3.50. The summed E-state index contributed by atoms with van der Waals surface area (Å²) in [6.45, 7) is 5.82. The largest absolute Gasteiger partial charge is 0.472 e. The van der Waals surface area contributed by atoms with Crippen molar-refractivity contribution < 1.29 is 33.0 Å². The molecule has 5 rings (SSSR count). The predicted octanol–water partition coefficient (Wildman–Crippen LogP) is 4.05. The SMILES string of the molecule is CC=C(C)C(=O)O[C@H]1C=C2C(=O)OC[C@]23CC[C@@H](C)[C@]2(C[C@H](c4ccoc4)OC2=O)[C@H]3C1. The highest BCUT2D eigenvalue weighted by Crippen LogP contribution is 2.67. The molecule has 0 amide bonds. The topological polar surface area (TPSA) is 92.0 Å². The molecule has 6 atom stereocenters. The Balaban J connectivity index is 1.56. The molecule has 2 aliphatic heterocycles. The summed E-state index contributed by atoms with van der Waals surface area (Å²) in [7, 11) is 0. The second kappa shape index (κ2) is 7.36. The van der Waals surface area contributed by atoms with Crippen LogP contribution in [0.4, 0.5) is 0 Å². The average molecular weight is 440 g/mol. The Kier molecular flexibility index (Phi) is 4.84. The summed E-state index contributed by atoms with van der Waals surface area (Å²) in [5, 5.41) is 0. The molecule has 2 saturated heterocycles. The van der Waals surface area contributed by atoms with Crippen molar-refractivity contribution >= 4 is 17.9 Å². The van der Waals surface area contributed by atoms with Crippen LogP contribution in [0.25, 0.3) is 0 Å². The van der Waals surface area contributed by atoms with Gasteiger partial charge < -0.3 is 18.6 Å². The highest BCUT2D eigenvalue weighted by molar-refractivity contribution is 5.94. The summed E-state index contributed by atoms with van der Waals surface area (Å²) < 4.78 is 22.4. The predicted molar refractivity (Wildman–Crippen MR) is 112 cm³/mol. The van der Waals surface area contributed by atoms with Gasteiger partial charge in [0.15, 0.2) is 0 Å². The fourth-order valence-corrected chi connectivity index (χ4v) is 6.38. The molecule has 0 N–H and O–H groups in total. The zero-order valence-electron chi connectivity index (χ0n) is 18.6. The van der Waals surface area contributed by atoms with Crippen molar-refractivity contribution in [2.24, 2.45) is 22.7 Å². The van der Waals surface area contributed by atoms with Crippen LogP contribution in [0.1, 0.15) is 58.1 Å². The van der Waals surface area contributed by atoms with Crippen molar-refractivity contribution in [3.63, 3.8) is 0 Å². The molecule has 2 aliphatic carbocycles. The molecule has 7 heteroatoms. The van der Waals surface area contributed by atoms with Crippen molar-refractivity contribution in [3.05, 3.63) is 47.5 Å². The maximum absolute atomic E-state index is 13.6. The molecule has 3 fully saturated rings. The molecule has 0 bridgehead atoms. The first-order valence-electron chi connectivity index (χ1n) is 11.3. The van der Waals surface area contributed by atoms with Crippen LogP contribution in [0.2, 0.25) is 0 Å². The first kappa shape index (κ1) is 21.0. The number of hydrogen-bond acceptors (Lipinski definition) is 7. The van der Waals surface area contributed by atoms with Crippen LogP contribution in [0.3, 0.4) is 0 Å². The monoisotopic (exact) mass is 440 g/mol. The minimum atomic E-state index is -0.784. The minimum absolute atomic E-state index is 0.0613. The zero-order chi connectivity index (χ0) is 22.7. The van der Waals surface area contributed by atoms with Gasteiger partial charge in [0.1, 0.15) is 18.8 Å². The maximum atomic E-state index is 13.6. The molecule has 0 radical (unpaired) electrons. The summed E-state index contributed by atoms with van der Waals surface area (Å²) in [4.78, 5) is 38.8. The number of fused-ring (bicyclic) bond motifs is 1. The Hall–Kier alpha value is -2.83. The number of esters is 3. The third-order valence-corrected chi connectivity index (χ3v) is 8.31. The normalized spacial score (nSPS) is 38.6. The maximum Gasteiger partial charge on any atom is 0.334 e. The third-order valence-electron chi connectivity index (χ3n) is 8.31. The van der Waals surface area contributed by atoms with E-state index in [1.807, 2.05) is 6.07 Å². The Morgan fingerprint density at radius 2 is 2.12 bits per heavy atom. The van der Waals surface area contributed by atoms with Crippen molar-refractivity contribution in [1.82, 2.24) is 0 Å². The lowest BCUT2D eigenvalue weighted by Crippen LogP contribution is -2.56. The molecular weight excluding hydrogens is 412 g/mol. The molecule has 1 aromatic rings. The Labute approximate surface area is 186 Å². The van der Waals surface area contributed by atoms with Gasteiger partial charge in [0, 0.05) is 28.5 Å². The molecule has 170 valence electrons. The first-order chi connectivity index (χ1) is 15.3. The number of ether oxygens (including phenoxy) is 3. The van der Waals surface area contributed by atoms with Crippen molar-refractivity contribution in [2.45, 2.75) is 58.7 Å². The van der Waals surface area contributed by atoms with Crippen LogP contribution < -0.4 is 0 Å². The van der Waals surface area contributed by atoms with Crippen LogP contribution >= 0.6 is 0 Å². The Morgan fingerprint density at radius 3 is 2.84 bits per heavy atom. The Morgan fingerprint density at radius 1 is 1.31 bits per heavy atom. The van der Waals surface area contributed by atoms with E-state index in [9.17, 15) is 14.4 Å². The van der Waals surface area contributed by atoms with Gasteiger partial charge in [-0.2, -0.15) is 0 Å². The second-order valence-electron chi connectivity index (χ2n) is 9.65. The number of hydrogen-bond donors (Lipinski definition) is 0. The molecule has 3 heterocycles. The summed E-state index contributed by atoms with van der Waals surface area (Å²) in [5.74, 6) is -1.20. The molecular formula is C25H28O7. The fourth-order valence-electron chi connectivity index (χ4n) is 6.38. The third kappa shape index (κ3) is 2.82. The van der Waals surface area contributed by atoms with Crippen molar-refractivity contribution in [3.8, 4) is 0 Å². The second-order valence-corrected chi connectivity index (χ2v) is 9.65. The van der Waals surface area contributed by atoms with E-state index >= 15 is 0 Å². The molecule has 2 spiro atoms. The molecule has 4 aliphatic rings. The molecule has 1 aromatic heterocycles. The van der Waals surface area contributed by atoms with Crippen molar-refractivity contribution in [2.75, 3.05) is 6.61 Å². The van der Waals surface area contributed by atoms with Gasteiger partial charge in [-0.3, -0.25) is 4.79 Å². The molecule has 32 heavy (non-hydrogen) atoms. The molecule has 0 aromatic carbocycles. The molecule has 7 nitrogen and oxygen atoms in total. The lowest BCUT2D eigenvalue weighted by Gasteiger charge is -2.54. The standard InChI is InChI=1S/C25H28O7/c1-4-14(2)21(26)31-17-9-18-22(27)30-13-24(18)7-5-15(3)25(20(24)10-17)11-19(32-23(25)28)16-6-8-29-12-16/h4,6,8-9,12,15,17,19-20H,5,7,10-11,13H2,1-3H3/t15-,17+,19-,20+,24-,25-/m1/s1. The van der Waals surface area contributed by atoms with E-state index in [1.165, 1.54) is 0 Å². The Bertz CT molecular complexity index is 1020. The van der Waals surface area contributed by atoms with E-state index in [2.05, 4.69) is 6.92 Å². The summed E-state index contributed by atoms with van der Waals surface area (Å²) in [5.41, 5.74) is 0.552. The van der Waals surface area contributed by atoms with E-state index in [0.29, 0.717) is 24.0 Å². The number of carbonyl (C=O) groups is 3. The lowest BCUT2D eigenvalue weighted by molar-refractivity contribution is -0.165. The number of carbonyl (C=O) groups excluding carboxylic acids is 3. The first-order valence-corrected chi connectivity index (χ1v) is 11.3. The fraction of sp³-hybridized carbons (Fsp3) is 0.560. The van der Waals surface area contributed by atoms with Gasteiger partial charge in [-0.15, -0.1) is 0 Å².